The molecule has 1 aromatic rings. The monoisotopic (exact) mass is 385 g/mol. The van der Waals surface area contributed by atoms with E-state index in [1.165, 1.54) is 62.0 Å². The molecule has 25 heavy (non-hydrogen) atoms. The van der Waals surface area contributed by atoms with Crippen molar-refractivity contribution in [2.24, 2.45) is 0 Å². The normalized spacial score (nSPS) is 11.8. The fraction of sp³-hybridized carbons (Fsp3) is 0.737. The van der Waals surface area contributed by atoms with Crippen LogP contribution in [0.4, 0.5) is 0 Å². The third-order valence-corrected chi connectivity index (χ3v) is 8.41. The SMILES string of the molecule is CO[Si](CCCCCCCCCCCSc1ccncc1)(OC)OC. The summed E-state index contributed by atoms with van der Waals surface area (Å²) in [4.78, 5) is 5.38. The maximum atomic E-state index is 5.45. The number of thioether (sulfide) groups is 1. The van der Waals surface area contributed by atoms with E-state index in [2.05, 4.69) is 17.1 Å². The molecule has 144 valence electrons. The van der Waals surface area contributed by atoms with E-state index >= 15 is 0 Å². The second kappa shape index (κ2) is 14.7. The third kappa shape index (κ3) is 10.4. The van der Waals surface area contributed by atoms with Gasteiger partial charge in [0.1, 0.15) is 0 Å². The Labute approximate surface area is 159 Å². The Balaban J connectivity index is 1.86. The van der Waals surface area contributed by atoms with E-state index in [9.17, 15) is 0 Å². The van der Waals surface area contributed by atoms with Crippen molar-refractivity contribution in [3.8, 4) is 0 Å². The summed E-state index contributed by atoms with van der Waals surface area (Å²) in [5.74, 6) is 1.22. The van der Waals surface area contributed by atoms with Crippen LogP contribution in [0.1, 0.15) is 57.8 Å². The van der Waals surface area contributed by atoms with Gasteiger partial charge in [0.25, 0.3) is 0 Å². The van der Waals surface area contributed by atoms with Crippen molar-refractivity contribution in [3.05, 3.63) is 24.5 Å². The molecule has 0 aliphatic carbocycles. The van der Waals surface area contributed by atoms with Crippen molar-refractivity contribution in [1.29, 1.82) is 0 Å². The molecule has 0 aromatic carbocycles. The maximum absolute atomic E-state index is 5.45. The average molecular weight is 386 g/mol. The summed E-state index contributed by atoms with van der Waals surface area (Å²) in [6.45, 7) is 0. The molecule has 0 unspecified atom stereocenters. The molecule has 0 radical (unpaired) electrons. The van der Waals surface area contributed by atoms with E-state index in [1.54, 1.807) is 21.3 Å². The van der Waals surface area contributed by atoms with Crippen LogP contribution >= 0.6 is 11.8 Å². The predicted octanol–water partition coefficient (Wildman–Crippen LogP) is 5.56. The highest BCUT2D eigenvalue weighted by molar-refractivity contribution is 7.99. The number of unbranched alkanes of at least 4 members (excludes halogenated alkanes) is 8. The van der Waals surface area contributed by atoms with Crippen LogP contribution < -0.4 is 0 Å². The highest BCUT2D eigenvalue weighted by atomic mass is 32.2. The summed E-state index contributed by atoms with van der Waals surface area (Å²) in [7, 11) is 2.73. The first-order valence-corrected chi connectivity index (χ1v) is 12.4. The van der Waals surface area contributed by atoms with Gasteiger partial charge in [-0.25, -0.2) is 0 Å². The summed E-state index contributed by atoms with van der Waals surface area (Å²) >= 11 is 1.94. The molecule has 0 bridgehead atoms. The van der Waals surface area contributed by atoms with Crippen LogP contribution in [0.3, 0.4) is 0 Å². The van der Waals surface area contributed by atoms with Gasteiger partial charge in [0.15, 0.2) is 0 Å². The summed E-state index contributed by atoms with van der Waals surface area (Å²) < 4.78 is 16.3. The molecule has 0 amide bonds. The van der Waals surface area contributed by atoms with Gasteiger partial charge in [-0.3, -0.25) is 4.98 Å². The maximum Gasteiger partial charge on any atom is 0.500 e. The average Bonchev–Trinajstić information content (AvgIpc) is 2.67. The fourth-order valence-corrected chi connectivity index (χ4v) is 5.56. The van der Waals surface area contributed by atoms with Crippen molar-refractivity contribution in [2.75, 3.05) is 27.1 Å². The molecule has 0 saturated carbocycles. The van der Waals surface area contributed by atoms with E-state index in [0.29, 0.717) is 0 Å². The highest BCUT2D eigenvalue weighted by Gasteiger charge is 2.36. The molecule has 1 rings (SSSR count). The van der Waals surface area contributed by atoms with Gasteiger partial charge in [0.2, 0.25) is 0 Å². The minimum atomic E-state index is -2.34. The van der Waals surface area contributed by atoms with Crippen molar-refractivity contribution in [1.82, 2.24) is 4.98 Å². The lowest BCUT2D eigenvalue weighted by Gasteiger charge is -2.24. The minimum absolute atomic E-state index is 0.922. The van der Waals surface area contributed by atoms with Crippen molar-refractivity contribution in [3.63, 3.8) is 0 Å². The summed E-state index contributed by atoms with van der Waals surface area (Å²) in [5.41, 5.74) is 0. The fourth-order valence-electron chi connectivity index (χ4n) is 2.86. The highest BCUT2D eigenvalue weighted by Crippen LogP contribution is 2.20. The second-order valence-corrected chi connectivity index (χ2v) is 10.5. The predicted molar refractivity (Wildman–Crippen MR) is 108 cm³/mol. The van der Waals surface area contributed by atoms with Gasteiger partial charge < -0.3 is 13.3 Å². The Morgan fingerprint density at radius 3 is 1.76 bits per heavy atom. The Hall–Kier alpha value is -0.403. The number of rotatable bonds is 16. The Morgan fingerprint density at radius 1 is 0.760 bits per heavy atom. The topological polar surface area (TPSA) is 40.6 Å². The number of hydrogen-bond acceptors (Lipinski definition) is 5. The van der Waals surface area contributed by atoms with Gasteiger partial charge in [-0.05, 0) is 30.7 Å². The molecule has 0 atom stereocenters. The first-order valence-electron chi connectivity index (χ1n) is 9.44. The summed E-state index contributed by atoms with van der Waals surface area (Å²) in [5, 5.41) is 0. The van der Waals surface area contributed by atoms with Crippen LogP contribution in [-0.4, -0.2) is 40.9 Å². The molecule has 6 heteroatoms. The summed E-state index contributed by atoms with van der Waals surface area (Å²) in [6, 6.07) is 5.10. The smallest absolute Gasteiger partial charge is 0.377 e. The van der Waals surface area contributed by atoms with Gasteiger partial charge in [-0.1, -0.05) is 44.9 Å². The Bertz CT molecular complexity index is 410. The van der Waals surface area contributed by atoms with Crippen LogP contribution in [0.25, 0.3) is 0 Å². The van der Waals surface area contributed by atoms with Crippen LogP contribution in [0, 0.1) is 0 Å². The molecule has 0 spiro atoms. The molecular formula is C19H35NO3SSi. The van der Waals surface area contributed by atoms with Crippen LogP contribution in [0.2, 0.25) is 6.04 Å². The second-order valence-electron chi connectivity index (χ2n) is 6.26. The van der Waals surface area contributed by atoms with Gasteiger partial charge >= 0.3 is 8.80 Å². The molecular weight excluding hydrogens is 350 g/mol. The van der Waals surface area contributed by atoms with E-state index in [0.717, 1.165) is 12.5 Å². The molecule has 1 aromatic heterocycles. The standard InChI is InChI=1S/C19H35NO3SSi/c1-21-25(22-2,23-3)18-12-10-8-6-4-5-7-9-11-17-24-19-13-15-20-16-14-19/h13-16H,4-12,17-18H2,1-3H3. The number of aromatic nitrogens is 1. The quantitative estimate of drug-likeness (QED) is 0.211. The lowest BCUT2D eigenvalue weighted by molar-refractivity contribution is 0.122. The zero-order chi connectivity index (χ0) is 18.2. The van der Waals surface area contributed by atoms with E-state index in [-0.39, 0.29) is 0 Å². The number of hydrogen-bond donors (Lipinski definition) is 0. The first kappa shape index (κ1) is 22.6. The molecule has 0 saturated heterocycles. The molecule has 0 fully saturated rings. The number of pyridine rings is 1. The largest absolute Gasteiger partial charge is 0.500 e. The number of nitrogens with zero attached hydrogens (tertiary/aromatic N) is 1. The molecule has 0 aliphatic rings. The van der Waals surface area contributed by atoms with Crippen molar-refractivity contribution >= 4 is 20.6 Å². The van der Waals surface area contributed by atoms with Crippen molar-refractivity contribution < 1.29 is 13.3 Å². The lowest BCUT2D eigenvalue weighted by atomic mass is 10.1. The van der Waals surface area contributed by atoms with Crippen LogP contribution in [0.15, 0.2) is 29.4 Å². The third-order valence-electron chi connectivity index (χ3n) is 4.48. The first-order chi connectivity index (χ1) is 12.3. The zero-order valence-corrected chi connectivity index (χ0v) is 18.0. The Kier molecular flexibility index (Phi) is 13.3. The molecule has 0 aliphatic heterocycles. The van der Waals surface area contributed by atoms with Gasteiger partial charge in [-0.15, -0.1) is 11.8 Å². The Morgan fingerprint density at radius 2 is 1.24 bits per heavy atom. The van der Waals surface area contributed by atoms with E-state index < -0.39 is 8.80 Å². The van der Waals surface area contributed by atoms with Crippen LogP contribution in [0.5, 0.6) is 0 Å². The van der Waals surface area contributed by atoms with E-state index in [1.807, 2.05) is 24.2 Å². The lowest BCUT2D eigenvalue weighted by Crippen LogP contribution is -2.42. The minimum Gasteiger partial charge on any atom is -0.377 e. The summed E-state index contributed by atoms with van der Waals surface area (Å²) in [6.07, 6.45) is 15.5. The molecule has 4 nitrogen and oxygen atoms in total. The van der Waals surface area contributed by atoms with Gasteiger partial charge in [-0.2, -0.15) is 0 Å². The van der Waals surface area contributed by atoms with Crippen LogP contribution in [-0.2, 0) is 13.3 Å². The van der Waals surface area contributed by atoms with E-state index in [4.69, 9.17) is 13.3 Å². The van der Waals surface area contributed by atoms with Gasteiger partial charge in [0.05, 0.1) is 0 Å². The zero-order valence-electron chi connectivity index (χ0n) is 16.2. The molecule has 0 N–H and O–H groups in total. The molecule has 1 heterocycles. The van der Waals surface area contributed by atoms with Gasteiger partial charge in [0, 0.05) is 44.7 Å². The van der Waals surface area contributed by atoms with Crippen molar-refractivity contribution in [2.45, 2.75) is 68.7 Å².